The van der Waals surface area contributed by atoms with E-state index in [1.54, 1.807) is 28.2 Å². The number of rotatable bonds is 1. The number of hydrogen-bond acceptors (Lipinski definition) is 5. The number of urea groups is 1. The number of aromatic nitrogens is 1. The summed E-state index contributed by atoms with van der Waals surface area (Å²) in [5, 5.41) is 3.96. The normalized spacial score (nSPS) is 23.4. The van der Waals surface area contributed by atoms with Crippen molar-refractivity contribution in [2.45, 2.75) is 25.4 Å². The second-order valence-corrected chi connectivity index (χ2v) is 8.01. The summed E-state index contributed by atoms with van der Waals surface area (Å²) < 4.78 is 6.60. The second-order valence-electron chi connectivity index (χ2n) is 6.78. The Labute approximate surface area is 149 Å². The lowest BCUT2D eigenvalue weighted by atomic mass is 9.93. The average molecular weight is 360 g/mol. The van der Waals surface area contributed by atoms with Gasteiger partial charge in [0.25, 0.3) is 0 Å². The quantitative estimate of drug-likeness (QED) is 0.848. The van der Waals surface area contributed by atoms with Crippen LogP contribution in [0.4, 0.5) is 15.3 Å². The summed E-state index contributed by atoms with van der Waals surface area (Å²) in [6, 6.07) is 5.56. The Morgan fingerprint density at radius 2 is 2.24 bits per heavy atom. The van der Waals surface area contributed by atoms with Crippen molar-refractivity contribution in [3.05, 3.63) is 23.2 Å². The minimum Gasteiger partial charge on any atom is -0.439 e. The van der Waals surface area contributed by atoms with Crippen LogP contribution in [-0.4, -0.2) is 59.2 Å². The molecule has 1 spiro atoms. The first kappa shape index (κ1) is 16.1. The molecule has 8 heteroatoms. The first-order chi connectivity index (χ1) is 11.9. The minimum absolute atomic E-state index is 0.162. The molecule has 2 aliphatic heterocycles. The van der Waals surface area contributed by atoms with Gasteiger partial charge in [-0.1, -0.05) is 0 Å². The van der Waals surface area contributed by atoms with E-state index in [9.17, 15) is 9.59 Å². The predicted molar refractivity (Wildman–Crippen MR) is 96.0 cm³/mol. The molecular weight excluding hydrogens is 340 g/mol. The van der Waals surface area contributed by atoms with Gasteiger partial charge in [0, 0.05) is 19.3 Å². The number of hydrogen-bond donors (Lipinski definition) is 1. The van der Waals surface area contributed by atoms with Crippen LogP contribution in [0.25, 0.3) is 10.2 Å². The molecule has 132 valence electrons. The van der Waals surface area contributed by atoms with Crippen molar-refractivity contribution in [2.24, 2.45) is 0 Å². The van der Waals surface area contributed by atoms with Crippen LogP contribution in [0.2, 0.25) is 0 Å². The van der Waals surface area contributed by atoms with E-state index in [0.29, 0.717) is 19.6 Å². The van der Waals surface area contributed by atoms with Crippen LogP contribution in [0.15, 0.2) is 18.2 Å². The number of anilines is 1. The van der Waals surface area contributed by atoms with Gasteiger partial charge in [0.05, 0.1) is 28.3 Å². The molecule has 0 aliphatic carbocycles. The molecule has 3 amide bonds. The molecule has 3 heterocycles. The van der Waals surface area contributed by atoms with E-state index in [1.807, 2.05) is 25.1 Å². The fourth-order valence-corrected chi connectivity index (χ4v) is 4.46. The molecular formula is C17H20N4O3S. The smallest absolute Gasteiger partial charge is 0.410 e. The minimum atomic E-state index is -0.569. The van der Waals surface area contributed by atoms with E-state index in [2.05, 4.69) is 10.3 Å². The maximum atomic E-state index is 12.7. The summed E-state index contributed by atoms with van der Waals surface area (Å²) in [6.45, 7) is 3.59. The number of aryl methyl sites for hydroxylation is 1. The van der Waals surface area contributed by atoms with E-state index >= 15 is 0 Å². The molecule has 1 aromatic heterocycles. The zero-order valence-electron chi connectivity index (χ0n) is 14.2. The lowest BCUT2D eigenvalue weighted by Gasteiger charge is -2.38. The molecule has 25 heavy (non-hydrogen) atoms. The maximum Gasteiger partial charge on any atom is 0.410 e. The number of piperidine rings is 1. The lowest BCUT2D eigenvalue weighted by molar-refractivity contribution is 0.00497. The topological polar surface area (TPSA) is 74.8 Å². The molecule has 2 fully saturated rings. The number of carbonyl (C=O) groups is 2. The van der Waals surface area contributed by atoms with E-state index in [1.165, 1.54) is 0 Å². The molecule has 0 bridgehead atoms. The zero-order chi connectivity index (χ0) is 17.6. The van der Waals surface area contributed by atoms with Crippen LogP contribution < -0.4 is 5.32 Å². The number of likely N-dealkylation sites (N-methyl/N-ethyl adjacent to an activating group) is 1. The summed E-state index contributed by atoms with van der Waals surface area (Å²) in [5.74, 6) is 0. The molecule has 2 aliphatic rings. The Bertz CT molecular complexity index is 852. The number of benzene rings is 1. The summed E-state index contributed by atoms with van der Waals surface area (Å²) in [7, 11) is 1.72. The van der Waals surface area contributed by atoms with Gasteiger partial charge in [-0.15, -0.1) is 11.3 Å². The molecule has 1 atom stereocenters. The first-order valence-corrected chi connectivity index (χ1v) is 9.13. The molecule has 0 saturated carbocycles. The number of nitrogens with one attached hydrogen (secondary N) is 1. The van der Waals surface area contributed by atoms with Crippen molar-refractivity contribution in [1.82, 2.24) is 14.8 Å². The van der Waals surface area contributed by atoms with Gasteiger partial charge in [0.1, 0.15) is 5.60 Å². The molecule has 1 N–H and O–H groups in total. The Morgan fingerprint density at radius 3 is 3.00 bits per heavy atom. The SMILES string of the molecule is Cc1nc2ccc(NC(=O)N3CCCC4(CN(C)C(=O)O4)C3)cc2s1. The van der Waals surface area contributed by atoms with E-state index in [4.69, 9.17) is 4.74 Å². The number of amides is 3. The van der Waals surface area contributed by atoms with Gasteiger partial charge in [-0.3, -0.25) is 0 Å². The molecule has 7 nitrogen and oxygen atoms in total. The van der Waals surface area contributed by atoms with Gasteiger partial charge in [0.15, 0.2) is 0 Å². The predicted octanol–water partition coefficient (Wildman–Crippen LogP) is 3.05. The van der Waals surface area contributed by atoms with E-state index < -0.39 is 5.60 Å². The molecule has 1 unspecified atom stereocenters. The number of nitrogens with zero attached hydrogens (tertiary/aromatic N) is 3. The summed E-state index contributed by atoms with van der Waals surface area (Å²) in [6.07, 6.45) is 1.30. The highest BCUT2D eigenvalue weighted by molar-refractivity contribution is 7.18. The summed E-state index contributed by atoms with van der Waals surface area (Å²) in [4.78, 5) is 32.1. The summed E-state index contributed by atoms with van der Waals surface area (Å²) in [5.41, 5.74) is 1.12. The van der Waals surface area contributed by atoms with Gasteiger partial charge >= 0.3 is 12.1 Å². The fraction of sp³-hybridized carbons (Fsp3) is 0.471. The molecule has 0 radical (unpaired) electrons. The van der Waals surface area contributed by atoms with E-state index in [0.717, 1.165) is 33.8 Å². The monoisotopic (exact) mass is 360 g/mol. The maximum absolute atomic E-state index is 12.7. The van der Waals surface area contributed by atoms with Crippen molar-refractivity contribution >= 4 is 39.4 Å². The molecule has 2 aromatic rings. The standard InChI is InChI=1S/C17H20N4O3S/c1-11-18-13-5-4-12(8-14(13)25-11)19-15(22)21-7-3-6-17(10-21)9-20(2)16(23)24-17/h4-5,8H,3,6-7,9-10H2,1-2H3,(H,19,22). The van der Waals surface area contributed by atoms with Crippen LogP contribution in [0, 0.1) is 6.92 Å². The number of likely N-dealkylation sites (tertiary alicyclic amines) is 1. The van der Waals surface area contributed by atoms with Crippen LogP contribution in [-0.2, 0) is 4.74 Å². The third kappa shape index (κ3) is 3.02. The van der Waals surface area contributed by atoms with Crippen molar-refractivity contribution < 1.29 is 14.3 Å². The third-order valence-electron chi connectivity index (χ3n) is 4.71. The fourth-order valence-electron chi connectivity index (χ4n) is 3.60. The van der Waals surface area contributed by atoms with Gasteiger partial charge in [-0.05, 0) is 38.0 Å². The van der Waals surface area contributed by atoms with Crippen LogP contribution in [0.1, 0.15) is 17.8 Å². The van der Waals surface area contributed by atoms with Crippen molar-refractivity contribution in [2.75, 3.05) is 32.0 Å². The first-order valence-electron chi connectivity index (χ1n) is 8.31. The molecule has 1 aromatic carbocycles. The Morgan fingerprint density at radius 1 is 1.40 bits per heavy atom. The Kier molecular flexibility index (Phi) is 3.79. The Hall–Kier alpha value is -2.35. The largest absolute Gasteiger partial charge is 0.439 e. The number of carbonyl (C=O) groups excluding carboxylic acids is 2. The van der Waals surface area contributed by atoms with Gasteiger partial charge in [-0.2, -0.15) is 0 Å². The molecule has 4 rings (SSSR count). The number of fused-ring (bicyclic) bond motifs is 1. The van der Waals surface area contributed by atoms with Crippen LogP contribution >= 0.6 is 11.3 Å². The van der Waals surface area contributed by atoms with Crippen molar-refractivity contribution in [1.29, 1.82) is 0 Å². The summed E-state index contributed by atoms with van der Waals surface area (Å²) >= 11 is 1.61. The van der Waals surface area contributed by atoms with Crippen molar-refractivity contribution in [3.63, 3.8) is 0 Å². The van der Waals surface area contributed by atoms with Gasteiger partial charge < -0.3 is 19.9 Å². The number of ether oxygens (including phenoxy) is 1. The average Bonchev–Trinajstić information content (AvgIpc) is 3.05. The second kappa shape index (κ2) is 5.87. The highest BCUT2D eigenvalue weighted by Crippen LogP contribution is 2.32. The number of thiazole rings is 1. The highest BCUT2D eigenvalue weighted by Gasteiger charge is 2.47. The van der Waals surface area contributed by atoms with Gasteiger partial charge in [0.2, 0.25) is 0 Å². The van der Waals surface area contributed by atoms with Gasteiger partial charge in [-0.25, -0.2) is 14.6 Å². The van der Waals surface area contributed by atoms with Crippen molar-refractivity contribution in [3.8, 4) is 0 Å². The lowest BCUT2D eigenvalue weighted by Crippen LogP contribution is -2.53. The van der Waals surface area contributed by atoms with Crippen LogP contribution in [0.5, 0.6) is 0 Å². The van der Waals surface area contributed by atoms with Crippen LogP contribution in [0.3, 0.4) is 0 Å². The van der Waals surface area contributed by atoms with E-state index in [-0.39, 0.29) is 12.1 Å². The zero-order valence-corrected chi connectivity index (χ0v) is 15.1. The Balaban J connectivity index is 1.47. The third-order valence-corrected chi connectivity index (χ3v) is 5.65. The highest BCUT2D eigenvalue weighted by atomic mass is 32.1. The molecule has 2 saturated heterocycles.